The molecule has 0 bridgehead atoms. The van der Waals surface area contributed by atoms with Crippen molar-refractivity contribution in [1.82, 2.24) is 0 Å². The van der Waals surface area contributed by atoms with E-state index in [2.05, 4.69) is 26.0 Å². The Morgan fingerprint density at radius 3 is 2.82 bits per heavy atom. The number of hydrogen-bond donors (Lipinski definition) is 1. The van der Waals surface area contributed by atoms with Crippen LogP contribution in [-0.2, 0) is 4.74 Å². The van der Waals surface area contributed by atoms with Gasteiger partial charge in [-0.25, -0.2) is 0 Å². The largest absolute Gasteiger partial charge is 0.388 e. The van der Waals surface area contributed by atoms with Crippen molar-refractivity contribution in [2.75, 3.05) is 6.61 Å². The average molecular weight is 234 g/mol. The van der Waals surface area contributed by atoms with Crippen molar-refractivity contribution in [3.05, 3.63) is 34.9 Å². The first-order valence-electron chi connectivity index (χ1n) is 6.53. The van der Waals surface area contributed by atoms with Gasteiger partial charge in [-0.3, -0.25) is 0 Å². The maximum atomic E-state index is 10.1. The fraction of sp³-hybridized carbons (Fsp3) is 0.600. The van der Waals surface area contributed by atoms with Crippen molar-refractivity contribution in [2.45, 2.75) is 51.7 Å². The van der Waals surface area contributed by atoms with E-state index in [1.807, 2.05) is 6.07 Å². The Morgan fingerprint density at radius 2 is 2.18 bits per heavy atom. The Kier molecular flexibility index (Phi) is 4.19. The van der Waals surface area contributed by atoms with Crippen LogP contribution in [0.3, 0.4) is 0 Å². The molecule has 1 aromatic rings. The van der Waals surface area contributed by atoms with Gasteiger partial charge >= 0.3 is 0 Å². The van der Waals surface area contributed by atoms with Gasteiger partial charge < -0.3 is 9.84 Å². The van der Waals surface area contributed by atoms with Gasteiger partial charge in [0.15, 0.2) is 0 Å². The van der Waals surface area contributed by atoms with E-state index in [1.165, 1.54) is 17.5 Å². The second-order valence-electron chi connectivity index (χ2n) is 5.07. The highest BCUT2D eigenvalue weighted by molar-refractivity contribution is 5.31. The molecule has 2 nitrogen and oxygen atoms in total. The van der Waals surface area contributed by atoms with Crippen LogP contribution in [0.1, 0.15) is 48.5 Å². The quantitative estimate of drug-likeness (QED) is 0.866. The van der Waals surface area contributed by atoms with Crippen LogP contribution in [0, 0.1) is 13.8 Å². The lowest BCUT2D eigenvalue weighted by Crippen LogP contribution is -2.08. The van der Waals surface area contributed by atoms with E-state index in [0.29, 0.717) is 6.10 Å². The Morgan fingerprint density at radius 1 is 1.35 bits per heavy atom. The first-order chi connectivity index (χ1) is 8.16. The van der Waals surface area contributed by atoms with Gasteiger partial charge in [0.05, 0.1) is 12.2 Å². The van der Waals surface area contributed by atoms with E-state index >= 15 is 0 Å². The number of hydrogen-bond acceptors (Lipinski definition) is 2. The average Bonchev–Trinajstić information content (AvgIpc) is 2.82. The van der Waals surface area contributed by atoms with Crippen LogP contribution in [0.15, 0.2) is 18.2 Å². The highest BCUT2D eigenvalue weighted by Gasteiger charge is 2.17. The van der Waals surface area contributed by atoms with Crippen LogP contribution < -0.4 is 0 Å². The van der Waals surface area contributed by atoms with Crippen LogP contribution in [0.25, 0.3) is 0 Å². The number of aliphatic hydroxyl groups is 1. The van der Waals surface area contributed by atoms with Crippen LogP contribution in [0.4, 0.5) is 0 Å². The molecule has 94 valence electrons. The van der Waals surface area contributed by atoms with Gasteiger partial charge in [0, 0.05) is 6.61 Å². The molecule has 0 aromatic heterocycles. The summed E-state index contributed by atoms with van der Waals surface area (Å²) in [5, 5.41) is 10.1. The van der Waals surface area contributed by atoms with Crippen LogP contribution in [0.2, 0.25) is 0 Å². The van der Waals surface area contributed by atoms with E-state index in [1.54, 1.807) is 0 Å². The zero-order valence-corrected chi connectivity index (χ0v) is 10.8. The molecule has 0 amide bonds. The predicted octanol–water partition coefficient (Wildman–Crippen LogP) is 3.30. The number of rotatable bonds is 4. The fourth-order valence-corrected chi connectivity index (χ4v) is 2.35. The lowest BCUT2D eigenvalue weighted by atomic mass is 9.98. The van der Waals surface area contributed by atoms with Crippen molar-refractivity contribution in [2.24, 2.45) is 0 Å². The molecule has 2 rings (SSSR count). The molecule has 2 heteroatoms. The normalized spacial score (nSPS) is 21.7. The minimum absolute atomic E-state index is 0.349. The minimum Gasteiger partial charge on any atom is -0.388 e. The molecular weight excluding hydrogens is 212 g/mol. The van der Waals surface area contributed by atoms with Gasteiger partial charge in [0.25, 0.3) is 0 Å². The van der Waals surface area contributed by atoms with Crippen LogP contribution in [0.5, 0.6) is 0 Å². The molecule has 1 aromatic carbocycles. The van der Waals surface area contributed by atoms with E-state index < -0.39 is 0 Å². The second-order valence-corrected chi connectivity index (χ2v) is 5.07. The highest BCUT2D eigenvalue weighted by atomic mass is 16.5. The molecule has 2 atom stereocenters. The Balaban J connectivity index is 1.89. The first-order valence-corrected chi connectivity index (χ1v) is 6.53. The number of benzene rings is 1. The van der Waals surface area contributed by atoms with Crippen LogP contribution in [-0.4, -0.2) is 17.8 Å². The molecule has 0 saturated carbocycles. The smallest absolute Gasteiger partial charge is 0.0791 e. The maximum absolute atomic E-state index is 10.1. The topological polar surface area (TPSA) is 29.5 Å². The molecular formula is C15H22O2. The molecule has 17 heavy (non-hydrogen) atoms. The van der Waals surface area contributed by atoms with E-state index in [9.17, 15) is 5.11 Å². The number of aryl methyl sites for hydroxylation is 2. The van der Waals surface area contributed by atoms with Gasteiger partial charge in [-0.15, -0.1) is 0 Å². The molecule has 1 saturated heterocycles. The molecule has 1 aliphatic rings. The van der Waals surface area contributed by atoms with Crippen LogP contribution >= 0.6 is 0 Å². The number of ether oxygens (including phenoxy) is 1. The van der Waals surface area contributed by atoms with Gasteiger partial charge in [0.1, 0.15) is 0 Å². The molecule has 1 fully saturated rings. The van der Waals surface area contributed by atoms with E-state index in [0.717, 1.165) is 31.4 Å². The van der Waals surface area contributed by atoms with Gasteiger partial charge in [0.2, 0.25) is 0 Å². The van der Waals surface area contributed by atoms with Crippen molar-refractivity contribution in [3.8, 4) is 0 Å². The van der Waals surface area contributed by atoms with Crippen molar-refractivity contribution in [3.63, 3.8) is 0 Å². The highest BCUT2D eigenvalue weighted by Crippen LogP contribution is 2.25. The summed E-state index contributed by atoms with van der Waals surface area (Å²) in [6, 6.07) is 6.21. The van der Waals surface area contributed by atoms with Gasteiger partial charge in [-0.1, -0.05) is 18.2 Å². The summed E-state index contributed by atoms with van der Waals surface area (Å²) in [6.45, 7) is 5.08. The predicted molar refractivity (Wildman–Crippen MR) is 69.1 cm³/mol. The maximum Gasteiger partial charge on any atom is 0.0791 e. The monoisotopic (exact) mass is 234 g/mol. The Bertz CT molecular complexity index is 367. The molecule has 2 unspecified atom stereocenters. The summed E-state index contributed by atoms with van der Waals surface area (Å²) < 4.78 is 5.57. The lowest BCUT2D eigenvalue weighted by molar-refractivity contribution is 0.0812. The summed E-state index contributed by atoms with van der Waals surface area (Å²) >= 11 is 0. The standard InChI is InChI=1S/C15H22O2/c1-11-5-6-13(10-12(11)2)15(16)8-7-14-4-3-9-17-14/h5-6,10,14-16H,3-4,7-9H2,1-2H3. The molecule has 0 radical (unpaired) electrons. The molecule has 0 aliphatic carbocycles. The third-order valence-electron chi connectivity index (χ3n) is 3.70. The Labute approximate surface area is 104 Å². The summed E-state index contributed by atoms with van der Waals surface area (Å²) in [5.41, 5.74) is 3.56. The van der Waals surface area contributed by atoms with Crippen molar-refractivity contribution >= 4 is 0 Å². The summed E-state index contributed by atoms with van der Waals surface area (Å²) in [6.07, 6.45) is 4.11. The number of aliphatic hydroxyl groups excluding tert-OH is 1. The zero-order chi connectivity index (χ0) is 12.3. The lowest BCUT2D eigenvalue weighted by Gasteiger charge is -2.15. The fourth-order valence-electron chi connectivity index (χ4n) is 2.35. The minimum atomic E-state index is -0.349. The first kappa shape index (κ1) is 12.6. The van der Waals surface area contributed by atoms with E-state index in [4.69, 9.17) is 4.74 Å². The summed E-state index contributed by atoms with van der Waals surface area (Å²) in [4.78, 5) is 0. The Hall–Kier alpha value is -0.860. The summed E-state index contributed by atoms with van der Waals surface area (Å²) in [7, 11) is 0. The third-order valence-corrected chi connectivity index (χ3v) is 3.70. The van der Waals surface area contributed by atoms with Crippen molar-refractivity contribution < 1.29 is 9.84 Å². The van der Waals surface area contributed by atoms with Gasteiger partial charge in [-0.05, 0) is 56.2 Å². The molecule has 1 aliphatic heterocycles. The van der Waals surface area contributed by atoms with E-state index in [-0.39, 0.29) is 6.10 Å². The van der Waals surface area contributed by atoms with Gasteiger partial charge in [-0.2, -0.15) is 0 Å². The molecule has 1 N–H and O–H groups in total. The SMILES string of the molecule is Cc1ccc(C(O)CCC2CCCO2)cc1C. The molecule has 1 heterocycles. The zero-order valence-electron chi connectivity index (χ0n) is 10.8. The summed E-state index contributed by atoms with van der Waals surface area (Å²) in [5.74, 6) is 0. The molecule has 0 spiro atoms. The third kappa shape index (κ3) is 3.30. The van der Waals surface area contributed by atoms with Crippen molar-refractivity contribution in [1.29, 1.82) is 0 Å². The second kappa shape index (κ2) is 5.65.